The molecule has 2 aliphatic rings. The normalized spacial score (nSPS) is 36.3. The van der Waals surface area contributed by atoms with Crippen LogP contribution in [0, 0.1) is 11.8 Å². The summed E-state index contributed by atoms with van der Waals surface area (Å²) < 4.78 is 37.6. The van der Waals surface area contributed by atoms with Crippen LogP contribution >= 0.6 is 19.6 Å². The van der Waals surface area contributed by atoms with Gasteiger partial charge in [-0.05, 0) is 58.1 Å². The van der Waals surface area contributed by atoms with Crippen molar-refractivity contribution in [2.75, 3.05) is 0 Å². The first-order chi connectivity index (χ1) is 13.0. The maximum absolute atomic E-state index is 13.4. The van der Waals surface area contributed by atoms with Crippen molar-refractivity contribution in [3.05, 3.63) is 30.3 Å². The molecule has 0 amide bonds. The highest BCUT2D eigenvalue weighted by molar-refractivity contribution is 7.99. The fourth-order valence-corrected chi connectivity index (χ4v) is 7.17. The second kappa shape index (κ2) is 8.05. The molecule has 1 aromatic rings. The molecule has 0 aromatic heterocycles. The lowest BCUT2D eigenvalue weighted by atomic mass is 9.83. The van der Waals surface area contributed by atoms with E-state index in [0.717, 1.165) is 11.3 Å². The highest BCUT2D eigenvalue weighted by atomic mass is 32.2. The van der Waals surface area contributed by atoms with Crippen LogP contribution in [0.15, 0.2) is 35.2 Å². The summed E-state index contributed by atoms with van der Waals surface area (Å²) in [6.45, 7) is 13.9. The van der Waals surface area contributed by atoms with Crippen molar-refractivity contribution in [2.24, 2.45) is 11.8 Å². The Morgan fingerprint density at radius 2 is 1.61 bits per heavy atom. The van der Waals surface area contributed by atoms with Gasteiger partial charge in [-0.25, -0.2) is 4.57 Å². The number of thioether (sulfide) groups is 1. The number of rotatable bonds is 5. The third kappa shape index (κ3) is 4.38. The Balaban J connectivity index is 1.85. The van der Waals surface area contributed by atoms with Gasteiger partial charge < -0.3 is 4.74 Å². The molecule has 158 valence electrons. The summed E-state index contributed by atoms with van der Waals surface area (Å²) in [6, 6.07) is 10.1. The summed E-state index contributed by atoms with van der Waals surface area (Å²) in [5.41, 5.74) is -1.70. The number of phosphoric acid groups is 1. The lowest BCUT2D eigenvalue weighted by molar-refractivity contribution is -0.130. The van der Waals surface area contributed by atoms with Crippen molar-refractivity contribution >= 4 is 19.6 Å². The van der Waals surface area contributed by atoms with Crippen molar-refractivity contribution in [3.8, 4) is 0 Å². The lowest BCUT2D eigenvalue weighted by Gasteiger charge is -2.44. The minimum atomic E-state index is -3.71. The number of hydrogen-bond acceptors (Lipinski definition) is 6. The molecule has 2 aliphatic heterocycles. The van der Waals surface area contributed by atoms with Crippen LogP contribution in [0.5, 0.6) is 0 Å². The molecule has 0 N–H and O–H groups in total. The second-order valence-electron chi connectivity index (χ2n) is 8.82. The topological polar surface area (TPSA) is 54.0 Å². The molecule has 0 bridgehead atoms. The average Bonchev–Trinajstić information content (AvgIpc) is 2.77. The minimum absolute atomic E-state index is 0.135. The van der Waals surface area contributed by atoms with Crippen molar-refractivity contribution < 1.29 is 22.9 Å². The lowest BCUT2D eigenvalue weighted by Crippen LogP contribution is -2.48. The zero-order chi connectivity index (χ0) is 20.7. The molecule has 1 aromatic carbocycles. The minimum Gasteiger partial charge on any atom is -0.361 e. The van der Waals surface area contributed by atoms with Crippen molar-refractivity contribution in [1.29, 1.82) is 0 Å². The maximum Gasteiger partial charge on any atom is 0.476 e. The van der Waals surface area contributed by atoms with E-state index in [4.69, 9.17) is 18.3 Å². The van der Waals surface area contributed by atoms with Gasteiger partial charge in [-0.2, -0.15) is 0 Å². The van der Waals surface area contributed by atoms with Crippen molar-refractivity contribution in [3.63, 3.8) is 0 Å². The van der Waals surface area contributed by atoms with Gasteiger partial charge in [0.2, 0.25) is 0 Å². The molecule has 0 saturated carbocycles. The summed E-state index contributed by atoms with van der Waals surface area (Å²) >= 11 is 1.60. The molecule has 5 unspecified atom stereocenters. The van der Waals surface area contributed by atoms with Crippen LogP contribution in [0.1, 0.15) is 54.9 Å². The van der Waals surface area contributed by atoms with Gasteiger partial charge in [-0.15, -0.1) is 0 Å². The third-order valence-corrected chi connectivity index (χ3v) is 9.31. The van der Waals surface area contributed by atoms with Crippen LogP contribution in [0.25, 0.3) is 0 Å². The van der Waals surface area contributed by atoms with Gasteiger partial charge >= 0.3 is 7.82 Å². The molecule has 0 radical (unpaired) electrons. The monoisotopic (exact) mass is 428 g/mol. The Hall–Kier alpha value is -0.360. The molecule has 2 fully saturated rings. The van der Waals surface area contributed by atoms with E-state index in [0.29, 0.717) is 0 Å². The molecular formula is C21H33O5PS. The molecule has 7 heteroatoms. The van der Waals surface area contributed by atoms with E-state index >= 15 is 0 Å². The Bertz CT molecular complexity index is 703. The molecule has 0 spiro atoms. The summed E-state index contributed by atoms with van der Waals surface area (Å²) in [5, 5.41) is 0. The smallest absolute Gasteiger partial charge is 0.361 e. The van der Waals surface area contributed by atoms with Gasteiger partial charge in [0.25, 0.3) is 0 Å². The van der Waals surface area contributed by atoms with Gasteiger partial charge in [0, 0.05) is 4.90 Å². The number of benzene rings is 1. The predicted molar refractivity (Wildman–Crippen MR) is 112 cm³/mol. The Kier molecular flexibility index (Phi) is 6.42. The van der Waals surface area contributed by atoms with Crippen LogP contribution in [0.2, 0.25) is 0 Å². The first kappa shape index (κ1) is 22.3. The zero-order valence-electron chi connectivity index (χ0n) is 17.9. The summed E-state index contributed by atoms with van der Waals surface area (Å²) in [4.78, 5) is 1.09. The number of hydrogen-bond donors (Lipinski definition) is 0. The zero-order valence-corrected chi connectivity index (χ0v) is 19.6. The summed E-state index contributed by atoms with van der Waals surface area (Å²) in [5.74, 6) is 0.419. The summed E-state index contributed by atoms with van der Waals surface area (Å²) in [6.07, 6.45) is 0.656. The molecular weight excluding hydrogens is 395 g/mol. The first-order valence-electron chi connectivity index (χ1n) is 10.0. The second-order valence-corrected chi connectivity index (χ2v) is 11.5. The van der Waals surface area contributed by atoms with Crippen LogP contribution in [0.3, 0.4) is 0 Å². The molecule has 5 atom stereocenters. The quantitative estimate of drug-likeness (QED) is 0.514. The summed E-state index contributed by atoms with van der Waals surface area (Å²) in [7, 11) is -3.71. The predicted octanol–water partition coefficient (Wildman–Crippen LogP) is 6.28. The van der Waals surface area contributed by atoms with Gasteiger partial charge in [0.1, 0.15) is 22.7 Å². The van der Waals surface area contributed by atoms with E-state index in [9.17, 15) is 4.57 Å². The van der Waals surface area contributed by atoms with Crippen molar-refractivity contribution in [1.82, 2.24) is 0 Å². The molecule has 2 saturated heterocycles. The molecule has 2 heterocycles. The Labute approximate surface area is 173 Å². The SMILES string of the molecule is CCC1OC(Sc2ccccc2)C(OP2(=O)OC(C)(C)C(C)(C)O2)C(C)C1C. The molecule has 0 aliphatic carbocycles. The highest BCUT2D eigenvalue weighted by Gasteiger charge is 2.59. The van der Waals surface area contributed by atoms with E-state index in [1.165, 1.54) is 0 Å². The van der Waals surface area contributed by atoms with Crippen LogP contribution in [-0.2, 0) is 22.9 Å². The average molecular weight is 429 g/mol. The largest absolute Gasteiger partial charge is 0.476 e. The highest BCUT2D eigenvalue weighted by Crippen LogP contribution is 2.66. The van der Waals surface area contributed by atoms with Crippen LogP contribution < -0.4 is 0 Å². The van der Waals surface area contributed by atoms with E-state index in [2.05, 4.69) is 20.8 Å². The first-order valence-corrected chi connectivity index (χ1v) is 12.4. The van der Waals surface area contributed by atoms with E-state index in [1.807, 2.05) is 58.0 Å². The van der Waals surface area contributed by atoms with Crippen LogP contribution in [0.4, 0.5) is 0 Å². The van der Waals surface area contributed by atoms with Gasteiger partial charge in [0.15, 0.2) is 0 Å². The molecule has 3 rings (SSSR count). The maximum atomic E-state index is 13.4. The fraction of sp³-hybridized carbons (Fsp3) is 0.714. The van der Waals surface area contributed by atoms with Crippen LogP contribution in [-0.4, -0.2) is 28.8 Å². The van der Waals surface area contributed by atoms with Gasteiger partial charge in [0.05, 0.1) is 6.10 Å². The molecule has 5 nitrogen and oxygen atoms in total. The Morgan fingerprint density at radius 3 is 2.14 bits per heavy atom. The van der Waals surface area contributed by atoms with Gasteiger partial charge in [-0.1, -0.05) is 50.7 Å². The molecule has 28 heavy (non-hydrogen) atoms. The number of phosphoric ester groups is 1. The number of ether oxygens (including phenoxy) is 1. The van der Waals surface area contributed by atoms with E-state index < -0.39 is 25.1 Å². The van der Waals surface area contributed by atoms with Crippen molar-refractivity contribution in [2.45, 2.75) is 88.6 Å². The Morgan fingerprint density at radius 1 is 1.04 bits per heavy atom. The standard InChI is InChI=1S/C21H33O5PS/c1-8-17-14(2)15(3)18(19(23-17)28-16-12-10-9-11-13-16)24-27(22)25-20(4,5)21(6,7)26-27/h9-15,17-19H,8H2,1-7H3. The van der Waals surface area contributed by atoms with E-state index in [-0.39, 0.29) is 23.4 Å². The third-order valence-electron chi connectivity index (χ3n) is 6.29. The van der Waals surface area contributed by atoms with E-state index in [1.54, 1.807) is 11.8 Å². The fourth-order valence-electron chi connectivity index (χ4n) is 3.59. The van der Waals surface area contributed by atoms with Gasteiger partial charge in [-0.3, -0.25) is 13.6 Å².